The van der Waals surface area contributed by atoms with Crippen molar-refractivity contribution in [2.24, 2.45) is 0 Å². The molecule has 2 rings (SSSR count). The Labute approximate surface area is 110 Å². The number of benzene rings is 1. The van der Waals surface area contributed by atoms with Gasteiger partial charge in [-0.2, -0.15) is 0 Å². The molecule has 0 spiro atoms. The third kappa shape index (κ3) is 3.19. The first-order valence-electron chi connectivity index (χ1n) is 5.56. The van der Waals surface area contributed by atoms with Crippen LogP contribution in [0.3, 0.4) is 0 Å². The second-order valence-electron chi connectivity index (χ2n) is 3.65. The Morgan fingerprint density at radius 3 is 2.58 bits per heavy atom. The Hall–Kier alpha value is -2.63. The van der Waals surface area contributed by atoms with Crippen LogP contribution >= 0.6 is 0 Å². The minimum Gasteiger partial charge on any atom is -0.497 e. The first kappa shape index (κ1) is 12.8. The SMILES string of the molecule is COc1cccc(NC(=O)c2ccc(OC)nn2)c1. The highest BCUT2D eigenvalue weighted by molar-refractivity contribution is 6.02. The number of anilines is 1. The van der Waals surface area contributed by atoms with Gasteiger partial charge in [-0.1, -0.05) is 6.07 Å². The number of amides is 1. The van der Waals surface area contributed by atoms with Crippen molar-refractivity contribution in [2.45, 2.75) is 0 Å². The van der Waals surface area contributed by atoms with Crippen LogP contribution in [0, 0.1) is 0 Å². The molecule has 1 heterocycles. The molecule has 0 fully saturated rings. The number of nitrogens with one attached hydrogen (secondary N) is 1. The average Bonchev–Trinajstić information content (AvgIpc) is 2.47. The standard InChI is InChI=1S/C13H13N3O3/c1-18-10-5-3-4-9(8-10)14-13(17)11-6-7-12(19-2)16-15-11/h3-8H,1-2H3,(H,14,17). The van der Waals surface area contributed by atoms with Crippen LogP contribution in [0.4, 0.5) is 5.69 Å². The zero-order valence-corrected chi connectivity index (χ0v) is 10.6. The Bertz CT molecular complexity index is 570. The normalized spacial score (nSPS) is 9.79. The number of carbonyl (C=O) groups is 1. The average molecular weight is 259 g/mol. The van der Waals surface area contributed by atoms with Crippen molar-refractivity contribution in [1.29, 1.82) is 0 Å². The van der Waals surface area contributed by atoms with E-state index in [0.29, 0.717) is 17.3 Å². The monoisotopic (exact) mass is 259 g/mol. The number of hydrogen-bond donors (Lipinski definition) is 1. The minimum atomic E-state index is -0.344. The van der Waals surface area contributed by atoms with Gasteiger partial charge in [0.05, 0.1) is 14.2 Å². The molecule has 1 N–H and O–H groups in total. The molecule has 0 radical (unpaired) electrons. The van der Waals surface area contributed by atoms with E-state index < -0.39 is 0 Å². The largest absolute Gasteiger partial charge is 0.497 e. The van der Waals surface area contributed by atoms with Gasteiger partial charge in [0.2, 0.25) is 5.88 Å². The molecule has 6 nitrogen and oxygen atoms in total. The highest BCUT2D eigenvalue weighted by Gasteiger charge is 2.09. The van der Waals surface area contributed by atoms with Crippen LogP contribution in [0.15, 0.2) is 36.4 Å². The maximum absolute atomic E-state index is 11.9. The molecule has 0 aliphatic rings. The molecule has 19 heavy (non-hydrogen) atoms. The van der Waals surface area contributed by atoms with Crippen LogP contribution in [0.5, 0.6) is 11.6 Å². The molecule has 6 heteroatoms. The minimum absolute atomic E-state index is 0.212. The van der Waals surface area contributed by atoms with Crippen LogP contribution in [0.25, 0.3) is 0 Å². The molecule has 98 valence electrons. The summed E-state index contributed by atoms with van der Waals surface area (Å²) in [6, 6.07) is 10.2. The van der Waals surface area contributed by atoms with Crippen LogP contribution < -0.4 is 14.8 Å². The van der Waals surface area contributed by atoms with Crippen molar-refractivity contribution in [1.82, 2.24) is 10.2 Å². The summed E-state index contributed by atoms with van der Waals surface area (Å²) < 4.78 is 9.95. The van der Waals surface area contributed by atoms with Crippen LogP contribution in [0.2, 0.25) is 0 Å². The lowest BCUT2D eigenvalue weighted by Gasteiger charge is -2.06. The highest BCUT2D eigenvalue weighted by atomic mass is 16.5. The van der Waals surface area contributed by atoms with Crippen molar-refractivity contribution in [2.75, 3.05) is 19.5 Å². The van der Waals surface area contributed by atoms with E-state index in [1.807, 2.05) is 0 Å². The lowest BCUT2D eigenvalue weighted by Crippen LogP contribution is -2.14. The van der Waals surface area contributed by atoms with Crippen molar-refractivity contribution < 1.29 is 14.3 Å². The summed E-state index contributed by atoms with van der Waals surface area (Å²) in [6.45, 7) is 0. The molecule has 0 aliphatic carbocycles. The van der Waals surface area contributed by atoms with E-state index in [4.69, 9.17) is 9.47 Å². The van der Waals surface area contributed by atoms with E-state index in [1.54, 1.807) is 43.5 Å². The van der Waals surface area contributed by atoms with Crippen LogP contribution in [-0.4, -0.2) is 30.3 Å². The van der Waals surface area contributed by atoms with Crippen molar-refractivity contribution in [3.63, 3.8) is 0 Å². The Balaban J connectivity index is 2.11. The van der Waals surface area contributed by atoms with Crippen LogP contribution in [0.1, 0.15) is 10.5 Å². The fourth-order valence-corrected chi connectivity index (χ4v) is 1.45. The molecule has 0 saturated carbocycles. The van der Waals surface area contributed by atoms with E-state index in [9.17, 15) is 4.79 Å². The Kier molecular flexibility index (Phi) is 3.92. The second-order valence-corrected chi connectivity index (χ2v) is 3.65. The van der Waals surface area contributed by atoms with Gasteiger partial charge in [0.15, 0.2) is 5.69 Å². The van der Waals surface area contributed by atoms with Gasteiger partial charge >= 0.3 is 0 Å². The summed E-state index contributed by atoms with van der Waals surface area (Å²) in [5.41, 5.74) is 0.839. The van der Waals surface area contributed by atoms with Crippen molar-refractivity contribution in [3.05, 3.63) is 42.1 Å². The number of aromatic nitrogens is 2. The summed E-state index contributed by atoms with van der Waals surface area (Å²) >= 11 is 0. The quantitative estimate of drug-likeness (QED) is 0.905. The lowest BCUT2D eigenvalue weighted by molar-refractivity contribution is 0.102. The third-order valence-electron chi connectivity index (χ3n) is 2.41. The molecule has 0 saturated heterocycles. The van der Waals surface area contributed by atoms with Gasteiger partial charge in [-0.15, -0.1) is 10.2 Å². The van der Waals surface area contributed by atoms with E-state index in [-0.39, 0.29) is 11.6 Å². The summed E-state index contributed by atoms with van der Waals surface area (Å²) in [5, 5.41) is 10.2. The van der Waals surface area contributed by atoms with Crippen molar-refractivity contribution >= 4 is 11.6 Å². The first-order chi connectivity index (χ1) is 9.22. The molecule has 0 atom stereocenters. The fourth-order valence-electron chi connectivity index (χ4n) is 1.45. The number of nitrogens with zero attached hydrogens (tertiary/aromatic N) is 2. The van der Waals surface area contributed by atoms with Gasteiger partial charge in [0.25, 0.3) is 5.91 Å². The summed E-state index contributed by atoms with van der Waals surface area (Å²) in [7, 11) is 3.05. The zero-order chi connectivity index (χ0) is 13.7. The van der Waals surface area contributed by atoms with Crippen LogP contribution in [-0.2, 0) is 0 Å². The first-order valence-corrected chi connectivity index (χ1v) is 5.56. The number of carbonyl (C=O) groups excluding carboxylic acids is 1. The van der Waals surface area contributed by atoms with Gasteiger partial charge < -0.3 is 14.8 Å². The van der Waals surface area contributed by atoms with Gasteiger partial charge in [0.1, 0.15) is 5.75 Å². The fraction of sp³-hybridized carbons (Fsp3) is 0.154. The molecular weight excluding hydrogens is 246 g/mol. The van der Waals surface area contributed by atoms with E-state index in [2.05, 4.69) is 15.5 Å². The molecule has 2 aromatic rings. The molecule has 1 aromatic heterocycles. The van der Waals surface area contributed by atoms with Gasteiger partial charge in [-0.3, -0.25) is 4.79 Å². The Morgan fingerprint density at radius 1 is 1.11 bits per heavy atom. The molecule has 1 amide bonds. The Morgan fingerprint density at radius 2 is 1.95 bits per heavy atom. The number of hydrogen-bond acceptors (Lipinski definition) is 5. The lowest BCUT2D eigenvalue weighted by atomic mass is 10.3. The maximum Gasteiger partial charge on any atom is 0.276 e. The van der Waals surface area contributed by atoms with E-state index in [0.717, 1.165) is 0 Å². The molecule has 1 aromatic carbocycles. The molecular formula is C13H13N3O3. The van der Waals surface area contributed by atoms with Gasteiger partial charge in [0, 0.05) is 17.8 Å². The van der Waals surface area contributed by atoms with Crippen molar-refractivity contribution in [3.8, 4) is 11.6 Å². The van der Waals surface area contributed by atoms with Gasteiger partial charge in [-0.05, 0) is 18.2 Å². The van der Waals surface area contributed by atoms with Gasteiger partial charge in [-0.25, -0.2) is 0 Å². The molecule has 0 unspecified atom stereocenters. The molecule has 0 bridgehead atoms. The zero-order valence-electron chi connectivity index (χ0n) is 10.6. The number of ether oxygens (including phenoxy) is 2. The van der Waals surface area contributed by atoms with E-state index >= 15 is 0 Å². The topological polar surface area (TPSA) is 73.3 Å². The summed E-state index contributed by atoms with van der Waals surface area (Å²) in [5.74, 6) is 0.681. The predicted octanol–water partition coefficient (Wildman–Crippen LogP) is 1.75. The molecule has 0 aliphatic heterocycles. The smallest absolute Gasteiger partial charge is 0.276 e. The number of rotatable bonds is 4. The summed E-state index contributed by atoms with van der Waals surface area (Å²) in [6.07, 6.45) is 0. The third-order valence-corrected chi connectivity index (χ3v) is 2.41. The second kappa shape index (κ2) is 5.81. The summed E-state index contributed by atoms with van der Waals surface area (Å²) in [4.78, 5) is 11.9. The predicted molar refractivity (Wildman–Crippen MR) is 69.5 cm³/mol. The van der Waals surface area contributed by atoms with E-state index in [1.165, 1.54) is 7.11 Å². The maximum atomic E-state index is 11.9. The number of methoxy groups -OCH3 is 2. The highest BCUT2D eigenvalue weighted by Crippen LogP contribution is 2.17.